The summed E-state index contributed by atoms with van der Waals surface area (Å²) in [5.74, 6) is -1.77. The van der Waals surface area contributed by atoms with Crippen molar-refractivity contribution in [2.45, 2.75) is 33.6 Å². The summed E-state index contributed by atoms with van der Waals surface area (Å²) in [5, 5.41) is 26.4. The topological polar surface area (TPSA) is 182 Å². The van der Waals surface area contributed by atoms with Crippen LogP contribution in [0.25, 0.3) is 21.3 Å². The van der Waals surface area contributed by atoms with Gasteiger partial charge in [-0.05, 0) is 38.5 Å². The molecule has 0 aliphatic rings. The van der Waals surface area contributed by atoms with Crippen molar-refractivity contribution in [1.82, 2.24) is 34.3 Å². The van der Waals surface area contributed by atoms with Crippen molar-refractivity contribution in [2.75, 3.05) is 5.32 Å². The Morgan fingerprint density at radius 3 is 2.45 bits per heavy atom. The Balaban J connectivity index is 1.56. The number of carbonyl (C=O) groups is 2. The molecule has 218 valence electrons. The number of aryl methyl sites for hydroxylation is 2. The number of hydrogen-bond donors (Lipinski definition) is 2. The number of rotatable bonds is 7. The Labute approximate surface area is 237 Å². The summed E-state index contributed by atoms with van der Waals surface area (Å²) in [6.07, 6.45) is -1.97. The summed E-state index contributed by atoms with van der Waals surface area (Å²) in [5.41, 5.74) is 5.43. The van der Waals surface area contributed by atoms with Gasteiger partial charge in [-0.2, -0.15) is 28.5 Å². The first-order valence-electron chi connectivity index (χ1n) is 12.0. The molecule has 14 nitrogen and oxygen atoms in total. The van der Waals surface area contributed by atoms with Crippen LogP contribution >= 0.6 is 11.3 Å². The van der Waals surface area contributed by atoms with Gasteiger partial charge in [-0.25, -0.2) is 9.67 Å². The quantitative estimate of drug-likeness (QED) is 0.208. The highest BCUT2D eigenvalue weighted by Crippen LogP contribution is 2.44. The van der Waals surface area contributed by atoms with Crippen LogP contribution in [-0.2, 0) is 19.9 Å². The molecule has 0 fully saturated rings. The lowest BCUT2D eigenvalue weighted by Crippen LogP contribution is -2.18. The first-order valence-corrected chi connectivity index (χ1v) is 12.9. The number of hydrogen-bond acceptors (Lipinski definition) is 9. The fourth-order valence-corrected chi connectivity index (χ4v) is 5.48. The molecule has 0 unspecified atom stereocenters. The van der Waals surface area contributed by atoms with Gasteiger partial charge in [0.2, 0.25) is 0 Å². The highest BCUT2D eigenvalue weighted by Gasteiger charge is 2.35. The number of nitrogens with two attached hydrogens (primary N) is 1. The average molecular weight is 603 g/mol. The molecule has 0 radical (unpaired) electrons. The van der Waals surface area contributed by atoms with Gasteiger partial charge >= 0.3 is 11.9 Å². The second-order valence-electron chi connectivity index (χ2n) is 9.28. The molecule has 3 N–H and O–H groups in total. The molecule has 0 aliphatic heterocycles. The molecule has 18 heteroatoms. The monoisotopic (exact) mass is 602 g/mol. The molecule has 42 heavy (non-hydrogen) atoms. The number of pyridine rings is 1. The number of anilines is 1. The Morgan fingerprint density at radius 2 is 1.88 bits per heavy atom. The van der Waals surface area contributed by atoms with Crippen LogP contribution in [0.5, 0.6) is 0 Å². The predicted octanol–water partition coefficient (Wildman–Crippen LogP) is 3.80. The van der Waals surface area contributed by atoms with Crippen molar-refractivity contribution in [3.63, 3.8) is 0 Å². The number of fused-ring (bicyclic) bond motifs is 1. The van der Waals surface area contributed by atoms with Crippen LogP contribution in [0.3, 0.4) is 0 Å². The molecule has 5 aromatic heterocycles. The Bertz CT molecular complexity index is 1920. The summed E-state index contributed by atoms with van der Waals surface area (Å²) in [6, 6.07) is 2.20. The molecule has 0 spiro atoms. The number of amides is 2. The smallest absolute Gasteiger partial charge is 0.365 e. The van der Waals surface area contributed by atoms with Crippen LogP contribution in [0.4, 0.5) is 24.5 Å². The molecule has 5 aromatic rings. The maximum atomic E-state index is 13.8. The van der Waals surface area contributed by atoms with Gasteiger partial charge in [-0.1, -0.05) is 0 Å². The SMILES string of the molecule is Cc1nn(Cn2ccc(C(=O)Nc3c(C(N)=O)sc4nc(C(F)(F)F)cc(-c5cnn(C)c5C)c34)n2)c(C)c1[N+](=O)[O-]. The summed E-state index contributed by atoms with van der Waals surface area (Å²) in [6.45, 7) is 4.64. The molecule has 0 atom stereocenters. The number of nitro groups is 1. The van der Waals surface area contributed by atoms with Gasteiger partial charge in [0.15, 0.2) is 5.69 Å². The van der Waals surface area contributed by atoms with E-state index in [1.807, 2.05) is 0 Å². The van der Waals surface area contributed by atoms with Crippen LogP contribution in [-0.4, -0.2) is 51.1 Å². The fraction of sp³-hybridized carbons (Fsp3) is 0.250. The van der Waals surface area contributed by atoms with E-state index in [-0.39, 0.29) is 50.1 Å². The lowest BCUT2D eigenvalue weighted by Gasteiger charge is -2.12. The van der Waals surface area contributed by atoms with Crippen LogP contribution in [0, 0.1) is 30.9 Å². The Morgan fingerprint density at radius 1 is 1.17 bits per heavy atom. The maximum absolute atomic E-state index is 13.8. The second kappa shape index (κ2) is 10.1. The number of nitrogens with zero attached hydrogens (tertiary/aromatic N) is 8. The minimum atomic E-state index is -4.79. The molecular formula is C24H21F3N10O4S. The number of primary amides is 1. The van der Waals surface area contributed by atoms with E-state index in [4.69, 9.17) is 5.73 Å². The zero-order valence-electron chi connectivity index (χ0n) is 22.3. The van der Waals surface area contributed by atoms with Crippen molar-refractivity contribution >= 4 is 44.7 Å². The number of nitrogens with one attached hydrogen (secondary N) is 1. The number of halogens is 3. The maximum Gasteiger partial charge on any atom is 0.433 e. The highest BCUT2D eigenvalue weighted by atomic mass is 32.1. The van der Waals surface area contributed by atoms with Crippen LogP contribution < -0.4 is 11.1 Å². The van der Waals surface area contributed by atoms with Crippen molar-refractivity contribution in [3.8, 4) is 11.1 Å². The van der Waals surface area contributed by atoms with Gasteiger partial charge < -0.3 is 11.1 Å². The molecular weight excluding hydrogens is 581 g/mol. The van der Waals surface area contributed by atoms with Gasteiger partial charge in [0.05, 0.1) is 16.8 Å². The largest absolute Gasteiger partial charge is 0.433 e. The number of aromatic nitrogens is 7. The lowest BCUT2D eigenvalue weighted by molar-refractivity contribution is -0.386. The molecule has 0 aromatic carbocycles. The third-order valence-corrected chi connectivity index (χ3v) is 7.72. The second-order valence-corrected chi connectivity index (χ2v) is 10.3. The third kappa shape index (κ3) is 4.84. The van der Waals surface area contributed by atoms with E-state index in [1.54, 1.807) is 14.0 Å². The average Bonchev–Trinajstić information content (AvgIpc) is 3.65. The van der Waals surface area contributed by atoms with Crippen LogP contribution in [0.15, 0.2) is 24.5 Å². The van der Waals surface area contributed by atoms with Gasteiger partial charge in [-0.3, -0.25) is 29.1 Å². The fourth-order valence-electron chi connectivity index (χ4n) is 4.48. The van der Waals surface area contributed by atoms with Crippen LogP contribution in [0.1, 0.15) is 42.9 Å². The van der Waals surface area contributed by atoms with Crippen molar-refractivity contribution in [3.05, 3.63) is 68.0 Å². The lowest BCUT2D eigenvalue weighted by atomic mass is 10.0. The van der Waals surface area contributed by atoms with E-state index in [0.717, 1.165) is 6.07 Å². The zero-order valence-corrected chi connectivity index (χ0v) is 23.2. The summed E-state index contributed by atoms with van der Waals surface area (Å²) >= 11 is 0.616. The summed E-state index contributed by atoms with van der Waals surface area (Å²) in [4.78, 5) is 39.8. The van der Waals surface area contributed by atoms with E-state index in [2.05, 4.69) is 25.6 Å². The molecule has 0 aliphatic carbocycles. The number of alkyl halides is 3. The number of carbonyl (C=O) groups excluding carboxylic acids is 2. The van der Waals surface area contributed by atoms with Gasteiger partial charge in [0.1, 0.15) is 33.5 Å². The van der Waals surface area contributed by atoms with Crippen molar-refractivity contribution in [1.29, 1.82) is 0 Å². The van der Waals surface area contributed by atoms with E-state index < -0.39 is 28.6 Å². The first kappa shape index (κ1) is 28.4. The first-order chi connectivity index (χ1) is 19.7. The van der Waals surface area contributed by atoms with Gasteiger partial charge in [0, 0.05) is 29.9 Å². The summed E-state index contributed by atoms with van der Waals surface area (Å²) in [7, 11) is 1.62. The Kier molecular flexibility index (Phi) is 6.80. The summed E-state index contributed by atoms with van der Waals surface area (Å²) < 4.78 is 45.5. The van der Waals surface area contributed by atoms with E-state index in [9.17, 15) is 32.9 Å². The standard InChI is InChI=1S/C24H21F3N10O4S/c1-10-19(37(40)41)12(3)36(32-10)9-35-6-5-15(33-35)22(39)31-18-17-13(14-8-29-34(4)11(14)2)7-16(24(25,26)27)30-23(17)42-20(18)21(28)38/h5-8H,9H2,1-4H3,(H2,28,38)(H,31,39). The van der Waals surface area contributed by atoms with E-state index in [1.165, 1.54) is 46.4 Å². The third-order valence-electron chi connectivity index (χ3n) is 6.62. The minimum Gasteiger partial charge on any atom is -0.365 e. The number of thiophene rings is 1. The van der Waals surface area contributed by atoms with Gasteiger partial charge in [-0.15, -0.1) is 11.3 Å². The molecule has 0 bridgehead atoms. The molecule has 2 amide bonds. The minimum absolute atomic E-state index is 0.0454. The molecule has 0 saturated carbocycles. The van der Waals surface area contributed by atoms with Crippen molar-refractivity contribution in [2.24, 2.45) is 12.8 Å². The molecule has 0 saturated heterocycles. The van der Waals surface area contributed by atoms with E-state index >= 15 is 0 Å². The predicted molar refractivity (Wildman–Crippen MR) is 144 cm³/mol. The van der Waals surface area contributed by atoms with Crippen LogP contribution in [0.2, 0.25) is 0 Å². The zero-order chi connectivity index (χ0) is 30.7. The normalized spacial score (nSPS) is 11.8. The van der Waals surface area contributed by atoms with Crippen molar-refractivity contribution < 1.29 is 27.7 Å². The van der Waals surface area contributed by atoms with E-state index in [0.29, 0.717) is 28.3 Å². The Hall–Kier alpha value is -5.13. The molecule has 5 rings (SSSR count). The van der Waals surface area contributed by atoms with Gasteiger partial charge in [0.25, 0.3) is 11.8 Å². The highest BCUT2D eigenvalue weighted by molar-refractivity contribution is 7.21. The molecule has 5 heterocycles.